The topological polar surface area (TPSA) is 63.7 Å². The maximum absolute atomic E-state index is 13.4. The largest absolute Gasteiger partial charge is 0.454 e. The highest BCUT2D eigenvalue weighted by Crippen LogP contribution is 2.23. The van der Waals surface area contributed by atoms with Crippen molar-refractivity contribution in [3.05, 3.63) is 114 Å². The van der Waals surface area contributed by atoms with Gasteiger partial charge in [-0.1, -0.05) is 78.9 Å². The van der Waals surface area contributed by atoms with Crippen molar-refractivity contribution in [3.8, 4) is 0 Å². The predicted octanol–water partition coefficient (Wildman–Crippen LogP) is 6.26. The first-order valence-corrected chi connectivity index (χ1v) is 12.3. The van der Waals surface area contributed by atoms with Gasteiger partial charge in [-0.3, -0.25) is 9.59 Å². The molecule has 4 rings (SSSR count). The Hall–Kier alpha value is -4.25. The fraction of sp³-hybridized carbons (Fsp3) is 0.219. The zero-order valence-corrected chi connectivity index (χ0v) is 21.4. The summed E-state index contributed by atoms with van der Waals surface area (Å²) in [5.74, 6) is -2.31. The summed E-state index contributed by atoms with van der Waals surface area (Å²) in [6.07, 6.45) is 0.213. The summed E-state index contributed by atoms with van der Waals surface area (Å²) in [4.78, 5) is 39.7. The summed E-state index contributed by atoms with van der Waals surface area (Å²) in [6.45, 7) is 5.32. The van der Waals surface area contributed by atoms with Crippen LogP contribution in [0.25, 0.3) is 10.8 Å². The number of carbonyl (C=O) groups excluding carboxylic acids is 3. The van der Waals surface area contributed by atoms with Gasteiger partial charge in [-0.15, -0.1) is 0 Å². The molecule has 5 heteroatoms. The molecule has 0 saturated heterocycles. The molecule has 4 aromatic carbocycles. The van der Waals surface area contributed by atoms with Gasteiger partial charge >= 0.3 is 5.97 Å². The van der Waals surface area contributed by atoms with E-state index in [0.717, 1.165) is 28.3 Å². The minimum Gasteiger partial charge on any atom is -0.454 e. The minimum absolute atomic E-state index is 0.267. The van der Waals surface area contributed by atoms with Gasteiger partial charge in [-0.25, -0.2) is 4.79 Å². The quantitative estimate of drug-likeness (QED) is 0.165. The van der Waals surface area contributed by atoms with E-state index in [1.54, 1.807) is 25.7 Å². The second kappa shape index (κ2) is 11.2. The molecule has 0 bridgehead atoms. The van der Waals surface area contributed by atoms with Crippen molar-refractivity contribution in [2.75, 3.05) is 4.90 Å². The number of carbonyl (C=O) groups is 3. The van der Waals surface area contributed by atoms with Gasteiger partial charge < -0.3 is 9.64 Å². The highest BCUT2D eigenvalue weighted by molar-refractivity contribution is 6.37. The van der Waals surface area contributed by atoms with E-state index in [9.17, 15) is 14.4 Å². The summed E-state index contributed by atoms with van der Waals surface area (Å²) >= 11 is 0. The van der Waals surface area contributed by atoms with Crippen LogP contribution < -0.4 is 4.90 Å². The smallest absolute Gasteiger partial charge is 0.375 e. The molecule has 0 aliphatic heterocycles. The van der Waals surface area contributed by atoms with Gasteiger partial charge in [0.2, 0.25) is 11.7 Å². The Labute approximate surface area is 217 Å². The van der Waals surface area contributed by atoms with Gasteiger partial charge in [0.1, 0.15) is 5.60 Å². The van der Waals surface area contributed by atoms with Gasteiger partial charge in [0, 0.05) is 5.69 Å². The van der Waals surface area contributed by atoms with Gasteiger partial charge in [-0.2, -0.15) is 0 Å². The van der Waals surface area contributed by atoms with E-state index in [1.807, 2.05) is 84.9 Å². The second-order valence-corrected chi connectivity index (χ2v) is 10.1. The van der Waals surface area contributed by atoms with Crippen LogP contribution in [-0.4, -0.2) is 23.3 Å². The van der Waals surface area contributed by atoms with Crippen molar-refractivity contribution in [3.63, 3.8) is 0 Å². The standard InChI is InChI=1S/C32H31NO4/c1-32(2,3)37-31(36)29(34)21-30(35)33(22-25-13-16-26-11-7-8-12-27(26)20-25)28-17-14-24(15-18-28)19-23-9-5-4-6-10-23/h4-18,20H,19,21-22H2,1-3H3. The predicted molar refractivity (Wildman–Crippen MR) is 146 cm³/mol. The number of fused-ring (bicyclic) bond motifs is 1. The van der Waals surface area contributed by atoms with E-state index in [-0.39, 0.29) is 6.54 Å². The van der Waals surface area contributed by atoms with E-state index >= 15 is 0 Å². The molecule has 0 unspecified atom stereocenters. The van der Waals surface area contributed by atoms with Crippen molar-refractivity contribution in [2.24, 2.45) is 0 Å². The number of benzene rings is 4. The lowest BCUT2D eigenvalue weighted by atomic mass is 10.0. The molecule has 0 fully saturated rings. The van der Waals surface area contributed by atoms with Crippen LogP contribution >= 0.6 is 0 Å². The number of rotatable bonds is 8. The summed E-state index contributed by atoms with van der Waals surface area (Å²) in [6, 6.07) is 31.9. The first-order valence-electron chi connectivity index (χ1n) is 12.3. The third kappa shape index (κ3) is 7.14. The summed E-state index contributed by atoms with van der Waals surface area (Å²) in [5.41, 5.74) is 3.08. The molecule has 0 radical (unpaired) electrons. The number of Topliss-reactive ketones (excluding diaryl/α,β-unsaturated/α-hetero) is 1. The third-order valence-electron chi connectivity index (χ3n) is 5.89. The van der Waals surface area contributed by atoms with Crippen LogP contribution in [0.4, 0.5) is 5.69 Å². The van der Waals surface area contributed by atoms with Crippen LogP contribution in [0.3, 0.4) is 0 Å². The van der Waals surface area contributed by atoms with Gasteiger partial charge in [-0.05, 0) is 72.9 Å². The van der Waals surface area contributed by atoms with Crippen molar-refractivity contribution in [1.82, 2.24) is 0 Å². The number of ether oxygens (including phenoxy) is 1. The first-order chi connectivity index (χ1) is 17.7. The fourth-order valence-electron chi connectivity index (χ4n) is 4.11. The maximum atomic E-state index is 13.4. The van der Waals surface area contributed by atoms with Crippen LogP contribution in [0.5, 0.6) is 0 Å². The summed E-state index contributed by atoms with van der Waals surface area (Å²) in [7, 11) is 0. The normalized spacial score (nSPS) is 11.2. The molecule has 0 spiro atoms. The Morgan fingerprint density at radius 2 is 1.30 bits per heavy atom. The van der Waals surface area contributed by atoms with Crippen molar-refractivity contribution < 1.29 is 19.1 Å². The first kappa shape index (κ1) is 25.8. The lowest BCUT2D eigenvalue weighted by Crippen LogP contribution is -2.35. The average Bonchev–Trinajstić information content (AvgIpc) is 2.87. The van der Waals surface area contributed by atoms with E-state index in [2.05, 4.69) is 12.1 Å². The molecule has 0 saturated carbocycles. The van der Waals surface area contributed by atoms with Crippen LogP contribution in [0.15, 0.2) is 97.1 Å². The Morgan fingerprint density at radius 3 is 1.97 bits per heavy atom. The lowest BCUT2D eigenvalue weighted by Gasteiger charge is -2.24. The van der Waals surface area contributed by atoms with E-state index in [4.69, 9.17) is 4.74 Å². The Bertz CT molecular complexity index is 1400. The molecule has 0 atom stereocenters. The molecule has 0 heterocycles. The Morgan fingerprint density at radius 1 is 0.703 bits per heavy atom. The molecule has 0 aliphatic rings. The van der Waals surface area contributed by atoms with E-state index < -0.39 is 29.7 Å². The van der Waals surface area contributed by atoms with Crippen molar-refractivity contribution >= 4 is 34.1 Å². The van der Waals surface area contributed by atoms with Crippen LogP contribution in [0.1, 0.15) is 43.9 Å². The highest BCUT2D eigenvalue weighted by Gasteiger charge is 2.27. The molecule has 1 amide bonds. The molecule has 0 aromatic heterocycles. The number of esters is 1. The molecule has 0 aliphatic carbocycles. The fourth-order valence-corrected chi connectivity index (χ4v) is 4.11. The number of hydrogen-bond acceptors (Lipinski definition) is 4. The number of anilines is 1. The highest BCUT2D eigenvalue weighted by atomic mass is 16.6. The maximum Gasteiger partial charge on any atom is 0.375 e. The molecule has 188 valence electrons. The van der Waals surface area contributed by atoms with Gasteiger partial charge in [0.25, 0.3) is 0 Å². The second-order valence-electron chi connectivity index (χ2n) is 10.1. The molecule has 4 aromatic rings. The van der Waals surface area contributed by atoms with Gasteiger partial charge in [0.15, 0.2) is 0 Å². The summed E-state index contributed by atoms with van der Waals surface area (Å²) in [5, 5.41) is 2.17. The molecular weight excluding hydrogens is 462 g/mol. The zero-order valence-electron chi connectivity index (χ0n) is 21.4. The van der Waals surface area contributed by atoms with Crippen LogP contribution in [0.2, 0.25) is 0 Å². The number of nitrogens with zero attached hydrogens (tertiary/aromatic N) is 1. The minimum atomic E-state index is -0.996. The summed E-state index contributed by atoms with van der Waals surface area (Å²) < 4.78 is 5.17. The molecular formula is C32H31NO4. The van der Waals surface area contributed by atoms with Crippen molar-refractivity contribution in [1.29, 1.82) is 0 Å². The van der Waals surface area contributed by atoms with E-state index in [1.165, 1.54) is 5.56 Å². The zero-order chi connectivity index (χ0) is 26.4. The number of hydrogen-bond donors (Lipinski definition) is 0. The number of ketones is 1. The molecule has 5 nitrogen and oxygen atoms in total. The Balaban J connectivity index is 1.58. The number of amides is 1. The SMILES string of the molecule is CC(C)(C)OC(=O)C(=O)CC(=O)N(Cc1ccc2ccccc2c1)c1ccc(Cc2ccccc2)cc1. The molecule has 37 heavy (non-hydrogen) atoms. The van der Waals surface area contributed by atoms with E-state index in [0.29, 0.717) is 5.69 Å². The molecule has 0 N–H and O–H groups in total. The third-order valence-corrected chi connectivity index (χ3v) is 5.89. The van der Waals surface area contributed by atoms with Crippen molar-refractivity contribution in [2.45, 2.75) is 45.8 Å². The monoisotopic (exact) mass is 493 g/mol. The van der Waals surface area contributed by atoms with Crippen LogP contribution in [0, 0.1) is 0 Å². The Kier molecular flexibility index (Phi) is 7.83. The van der Waals surface area contributed by atoms with Crippen LogP contribution in [-0.2, 0) is 32.1 Å². The average molecular weight is 494 g/mol. The van der Waals surface area contributed by atoms with Gasteiger partial charge in [0.05, 0.1) is 13.0 Å². The lowest BCUT2D eigenvalue weighted by molar-refractivity contribution is -0.163.